The molecule has 4 nitrogen and oxygen atoms in total. The molecule has 0 aromatic heterocycles. The van der Waals surface area contributed by atoms with E-state index in [0.29, 0.717) is 6.54 Å². The van der Waals surface area contributed by atoms with Gasteiger partial charge in [-0.25, -0.2) is 4.79 Å². The highest BCUT2D eigenvalue weighted by Crippen LogP contribution is 2.11. The standard InChI is InChI=1S/C13H24N2O2/c1-2-3-9-15(10-11-16)13(17)14-12-7-5-4-6-8-12/h4-5,12,16H,2-3,6-11H2,1H3,(H,14,17). The minimum atomic E-state index is -0.0344. The molecule has 0 fully saturated rings. The monoisotopic (exact) mass is 240 g/mol. The Bertz CT molecular complexity index is 254. The highest BCUT2D eigenvalue weighted by molar-refractivity contribution is 5.74. The van der Waals surface area contributed by atoms with Gasteiger partial charge in [0.1, 0.15) is 0 Å². The lowest BCUT2D eigenvalue weighted by atomic mass is 10.0. The Morgan fingerprint density at radius 1 is 1.47 bits per heavy atom. The number of unbranched alkanes of at least 4 members (excludes halogenated alkanes) is 1. The number of nitrogens with one attached hydrogen (secondary N) is 1. The van der Waals surface area contributed by atoms with Gasteiger partial charge in [-0.2, -0.15) is 0 Å². The summed E-state index contributed by atoms with van der Waals surface area (Å²) < 4.78 is 0. The Kier molecular flexibility index (Phi) is 6.70. The van der Waals surface area contributed by atoms with Crippen molar-refractivity contribution in [1.82, 2.24) is 10.2 Å². The summed E-state index contributed by atoms with van der Waals surface area (Å²) in [5, 5.41) is 12.0. The van der Waals surface area contributed by atoms with Gasteiger partial charge in [0.15, 0.2) is 0 Å². The molecule has 0 heterocycles. The van der Waals surface area contributed by atoms with Crippen LogP contribution in [0.15, 0.2) is 12.2 Å². The molecule has 0 saturated carbocycles. The second-order valence-electron chi connectivity index (χ2n) is 4.50. The molecular weight excluding hydrogens is 216 g/mol. The molecule has 0 radical (unpaired) electrons. The van der Waals surface area contributed by atoms with E-state index in [1.165, 1.54) is 0 Å². The van der Waals surface area contributed by atoms with Crippen LogP contribution in [-0.2, 0) is 0 Å². The number of allylic oxidation sites excluding steroid dienone is 1. The number of urea groups is 1. The second-order valence-corrected chi connectivity index (χ2v) is 4.50. The van der Waals surface area contributed by atoms with Crippen molar-refractivity contribution in [3.8, 4) is 0 Å². The van der Waals surface area contributed by atoms with Gasteiger partial charge in [-0.15, -0.1) is 0 Å². The number of hydrogen-bond donors (Lipinski definition) is 2. The summed E-state index contributed by atoms with van der Waals surface area (Å²) in [5.74, 6) is 0. The van der Waals surface area contributed by atoms with Crippen LogP contribution >= 0.6 is 0 Å². The highest BCUT2D eigenvalue weighted by atomic mass is 16.3. The SMILES string of the molecule is CCCCN(CCO)C(=O)NC1CC=CCC1. The highest BCUT2D eigenvalue weighted by Gasteiger charge is 2.17. The molecule has 0 aliphatic heterocycles. The molecule has 1 aliphatic rings. The maximum Gasteiger partial charge on any atom is 0.317 e. The van der Waals surface area contributed by atoms with Gasteiger partial charge in [-0.3, -0.25) is 0 Å². The zero-order chi connectivity index (χ0) is 12.5. The molecule has 4 heteroatoms. The van der Waals surface area contributed by atoms with Crippen LogP contribution in [-0.4, -0.2) is 41.8 Å². The van der Waals surface area contributed by atoms with E-state index < -0.39 is 0 Å². The normalized spacial score (nSPS) is 19.1. The third-order valence-corrected chi connectivity index (χ3v) is 3.04. The van der Waals surface area contributed by atoms with Gasteiger partial charge >= 0.3 is 6.03 Å². The van der Waals surface area contributed by atoms with Crippen molar-refractivity contribution in [2.45, 2.75) is 45.1 Å². The predicted molar refractivity (Wildman–Crippen MR) is 68.9 cm³/mol. The first kappa shape index (κ1) is 14.0. The van der Waals surface area contributed by atoms with E-state index in [-0.39, 0.29) is 18.7 Å². The molecule has 0 bridgehead atoms. The Balaban J connectivity index is 2.37. The van der Waals surface area contributed by atoms with E-state index in [1.54, 1.807) is 4.90 Å². The van der Waals surface area contributed by atoms with Crippen molar-refractivity contribution in [1.29, 1.82) is 0 Å². The van der Waals surface area contributed by atoms with Gasteiger partial charge in [-0.1, -0.05) is 25.5 Å². The van der Waals surface area contributed by atoms with Crippen LogP contribution in [0.2, 0.25) is 0 Å². The number of amides is 2. The first-order chi connectivity index (χ1) is 8.27. The lowest BCUT2D eigenvalue weighted by molar-refractivity contribution is 0.172. The third-order valence-electron chi connectivity index (χ3n) is 3.04. The van der Waals surface area contributed by atoms with Gasteiger partial charge in [0.2, 0.25) is 0 Å². The van der Waals surface area contributed by atoms with Crippen molar-refractivity contribution >= 4 is 6.03 Å². The number of carbonyl (C=O) groups excluding carboxylic acids is 1. The van der Waals surface area contributed by atoms with Crippen LogP contribution in [0, 0.1) is 0 Å². The molecule has 0 saturated heterocycles. The maximum atomic E-state index is 12.0. The summed E-state index contributed by atoms with van der Waals surface area (Å²) in [6.45, 7) is 3.28. The van der Waals surface area contributed by atoms with Crippen molar-refractivity contribution in [2.24, 2.45) is 0 Å². The average Bonchev–Trinajstić information content (AvgIpc) is 2.35. The van der Waals surface area contributed by atoms with E-state index in [0.717, 1.165) is 38.6 Å². The number of aliphatic hydroxyl groups is 1. The molecule has 0 aromatic rings. The van der Waals surface area contributed by atoms with E-state index in [1.807, 2.05) is 0 Å². The lowest BCUT2D eigenvalue weighted by Crippen LogP contribution is -2.46. The average molecular weight is 240 g/mol. The van der Waals surface area contributed by atoms with Crippen LogP contribution in [0.3, 0.4) is 0 Å². The summed E-state index contributed by atoms with van der Waals surface area (Å²) in [7, 11) is 0. The molecule has 1 aliphatic carbocycles. The van der Waals surface area contributed by atoms with Crippen LogP contribution in [0.5, 0.6) is 0 Å². The van der Waals surface area contributed by atoms with Crippen molar-refractivity contribution < 1.29 is 9.90 Å². The maximum absolute atomic E-state index is 12.0. The van der Waals surface area contributed by atoms with E-state index >= 15 is 0 Å². The molecule has 1 atom stereocenters. The van der Waals surface area contributed by atoms with E-state index in [4.69, 9.17) is 5.11 Å². The van der Waals surface area contributed by atoms with Gasteiger partial charge in [0.25, 0.3) is 0 Å². The molecular formula is C13H24N2O2. The fraction of sp³-hybridized carbons (Fsp3) is 0.769. The van der Waals surface area contributed by atoms with Gasteiger partial charge < -0.3 is 15.3 Å². The Labute approximate surface area is 104 Å². The van der Waals surface area contributed by atoms with Crippen LogP contribution in [0.1, 0.15) is 39.0 Å². The number of rotatable bonds is 6. The molecule has 0 aromatic carbocycles. The van der Waals surface area contributed by atoms with Gasteiger partial charge in [0, 0.05) is 19.1 Å². The quantitative estimate of drug-likeness (QED) is 0.697. The van der Waals surface area contributed by atoms with Crippen LogP contribution in [0.4, 0.5) is 4.79 Å². The summed E-state index contributed by atoms with van der Waals surface area (Å²) in [6, 6.07) is 0.225. The Morgan fingerprint density at radius 2 is 2.29 bits per heavy atom. The Morgan fingerprint density at radius 3 is 2.88 bits per heavy atom. The largest absolute Gasteiger partial charge is 0.395 e. The van der Waals surface area contributed by atoms with Gasteiger partial charge in [0.05, 0.1) is 6.61 Å². The fourth-order valence-electron chi connectivity index (χ4n) is 1.98. The number of aliphatic hydroxyl groups excluding tert-OH is 1. The van der Waals surface area contributed by atoms with Crippen molar-refractivity contribution in [2.75, 3.05) is 19.7 Å². The third kappa shape index (κ3) is 5.22. The van der Waals surface area contributed by atoms with Gasteiger partial charge in [-0.05, 0) is 25.7 Å². The topological polar surface area (TPSA) is 52.6 Å². The first-order valence-electron chi connectivity index (χ1n) is 6.59. The molecule has 17 heavy (non-hydrogen) atoms. The smallest absolute Gasteiger partial charge is 0.317 e. The molecule has 0 spiro atoms. The zero-order valence-corrected chi connectivity index (χ0v) is 10.7. The minimum Gasteiger partial charge on any atom is -0.395 e. The van der Waals surface area contributed by atoms with E-state index in [2.05, 4.69) is 24.4 Å². The predicted octanol–water partition coefficient (Wildman–Crippen LogP) is 1.90. The summed E-state index contributed by atoms with van der Waals surface area (Å²) in [6.07, 6.45) is 9.30. The van der Waals surface area contributed by atoms with Crippen LogP contribution < -0.4 is 5.32 Å². The van der Waals surface area contributed by atoms with E-state index in [9.17, 15) is 4.79 Å². The summed E-state index contributed by atoms with van der Waals surface area (Å²) in [4.78, 5) is 13.7. The lowest BCUT2D eigenvalue weighted by Gasteiger charge is -2.26. The molecule has 98 valence electrons. The fourth-order valence-corrected chi connectivity index (χ4v) is 1.98. The van der Waals surface area contributed by atoms with Crippen molar-refractivity contribution in [3.05, 3.63) is 12.2 Å². The Hall–Kier alpha value is -1.03. The summed E-state index contributed by atoms with van der Waals surface area (Å²) in [5.41, 5.74) is 0. The molecule has 1 rings (SSSR count). The number of carbonyl (C=O) groups is 1. The molecule has 2 amide bonds. The molecule has 1 unspecified atom stereocenters. The first-order valence-corrected chi connectivity index (χ1v) is 6.59. The minimum absolute atomic E-state index is 0.0295. The second kappa shape index (κ2) is 8.12. The number of hydrogen-bond acceptors (Lipinski definition) is 2. The van der Waals surface area contributed by atoms with Crippen molar-refractivity contribution in [3.63, 3.8) is 0 Å². The summed E-state index contributed by atoms with van der Waals surface area (Å²) >= 11 is 0. The zero-order valence-electron chi connectivity index (χ0n) is 10.7. The molecule has 2 N–H and O–H groups in total. The number of nitrogens with zero attached hydrogens (tertiary/aromatic N) is 1. The van der Waals surface area contributed by atoms with Crippen LogP contribution in [0.25, 0.3) is 0 Å².